The Kier molecular flexibility index (Phi) is 7.07. The zero-order valence-electron chi connectivity index (χ0n) is 17.8. The number of fused-ring (bicyclic) bond motifs is 1. The Hall–Kier alpha value is -3.08. The van der Waals surface area contributed by atoms with E-state index < -0.39 is 53.9 Å². The molecule has 2 heterocycles. The van der Waals surface area contributed by atoms with Gasteiger partial charge in [-0.15, -0.1) is 0 Å². The van der Waals surface area contributed by atoms with Gasteiger partial charge in [0.1, 0.15) is 11.6 Å². The van der Waals surface area contributed by atoms with Gasteiger partial charge in [0.05, 0.1) is 31.2 Å². The molecule has 4 N–H and O–H groups in total. The monoisotopic (exact) mass is 446 g/mol. The molecule has 3 atom stereocenters. The molecular formula is C22H26N2O8. The van der Waals surface area contributed by atoms with E-state index in [2.05, 4.69) is 10.6 Å². The number of amides is 2. The molecule has 1 aromatic heterocycles. The number of Topliss-reactive ketones (excluding diaryl/α,β-unsaturated/α-hetero) is 1. The number of para-hydroxylation sites is 1. The fourth-order valence-electron chi connectivity index (χ4n) is 3.33. The number of nitrogens with one attached hydrogen (secondary N) is 2. The van der Waals surface area contributed by atoms with Gasteiger partial charge in [-0.3, -0.25) is 19.2 Å². The summed E-state index contributed by atoms with van der Waals surface area (Å²) >= 11 is 0. The topological polar surface area (TPSA) is 158 Å². The minimum atomic E-state index is -1.40. The lowest BCUT2D eigenvalue weighted by atomic mass is 9.92. The molecular weight excluding hydrogens is 420 g/mol. The van der Waals surface area contributed by atoms with Crippen LogP contribution in [0.1, 0.15) is 30.8 Å². The van der Waals surface area contributed by atoms with Crippen molar-refractivity contribution in [2.24, 2.45) is 5.92 Å². The maximum absolute atomic E-state index is 12.7. The maximum Gasteiger partial charge on any atom is 0.287 e. The van der Waals surface area contributed by atoms with Crippen molar-refractivity contribution in [2.45, 2.75) is 38.0 Å². The van der Waals surface area contributed by atoms with Crippen LogP contribution in [0, 0.1) is 5.92 Å². The van der Waals surface area contributed by atoms with E-state index in [9.17, 15) is 29.4 Å². The highest BCUT2D eigenvalue weighted by Crippen LogP contribution is 2.30. The van der Waals surface area contributed by atoms with E-state index in [1.807, 2.05) is 13.8 Å². The highest BCUT2D eigenvalue weighted by atomic mass is 16.6. The molecule has 10 nitrogen and oxygen atoms in total. The van der Waals surface area contributed by atoms with E-state index in [-0.39, 0.29) is 30.3 Å². The van der Waals surface area contributed by atoms with Gasteiger partial charge >= 0.3 is 0 Å². The van der Waals surface area contributed by atoms with Crippen molar-refractivity contribution in [1.29, 1.82) is 0 Å². The van der Waals surface area contributed by atoms with Gasteiger partial charge in [-0.1, -0.05) is 26.0 Å². The zero-order valence-corrected chi connectivity index (χ0v) is 17.8. The van der Waals surface area contributed by atoms with Gasteiger partial charge in [0.15, 0.2) is 22.6 Å². The number of carbonyl (C=O) groups is 3. The van der Waals surface area contributed by atoms with Crippen molar-refractivity contribution in [3.63, 3.8) is 0 Å². The van der Waals surface area contributed by atoms with Crippen LogP contribution in [-0.4, -0.2) is 65.3 Å². The number of carbonyl (C=O) groups excluding carboxylic acids is 3. The predicted octanol–water partition coefficient (Wildman–Crippen LogP) is -0.255. The van der Waals surface area contributed by atoms with Gasteiger partial charge in [0, 0.05) is 6.07 Å². The lowest BCUT2D eigenvalue weighted by Gasteiger charge is -2.24. The van der Waals surface area contributed by atoms with Gasteiger partial charge in [-0.25, -0.2) is 0 Å². The molecule has 2 amide bonds. The summed E-state index contributed by atoms with van der Waals surface area (Å²) in [7, 11) is 0. The molecule has 1 aromatic carbocycles. The first-order chi connectivity index (χ1) is 15.2. The molecule has 1 aliphatic heterocycles. The minimum Gasteiger partial charge on any atom is -0.451 e. The Morgan fingerprint density at radius 3 is 2.41 bits per heavy atom. The molecule has 0 spiro atoms. The fraction of sp³-hybridized carbons (Fsp3) is 0.455. The third-order valence-corrected chi connectivity index (χ3v) is 5.20. The molecule has 1 fully saturated rings. The van der Waals surface area contributed by atoms with E-state index in [4.69, 9.17) is 9.15 Å². The number of aliphatic hydroxyl groups excluding tert-OH is 2. The van der Waals surface area contributed by atoms with Crippen LogP contribution >= 0.6 is 0 Å². The molecule has 172 valence electrons. The van der Waals surface area contributed by atoms with E-state index in [0.717, 1.165) is 6.07 Å². The Bertz CT molecular complexity index is 1070. The van der Waals surface area contributed by atoms with Crippen molar-refractivity contribution in [3.8, 4) is 0 Å². The standard InChI is InChI=1S/C22H26N2O8/c1-12(2)7-14(19(28)22(10-26)11-31-22)23-20(29)15(9-25)24-21(30)18-8-16(27)13-5-3-4-6-17(13)32-18/h3-6,8,12,14-15,25-26H,7,9-11H2,1-2H3,(H,23,29)(H,24,30)/t14-,15-,22+/m0/s1. The van der Waals surface area contributed by atoms with Crippen molar-refractivity contribution in [3.05, 3.63) is 46.3 Å². The summed E-state index contributed by atoms with van der Waals surface area (Å²) in [6.07, 6.45) is 0.279. The van der Waals surface area contributed by atoms with E-state index in [0.29, 0.717) is 5.39 Å². The molecule has 1 saturated heterocycles. The molecule has 32 heavy (non-hydrogen) atoms. The largest absolute Gasteiger partial charge is 0.451 e. The lowest BCUT2D eigenvalue weighted by Crippen LogP contribution is -2.55. The first-order valence-corrected chi connectivity index (χ1v) is 10.2. The van der Waals surface area contributed by atoms with Gasteiger partial charge < -0.3 is 30.0 Å². The van der Waals surface area contributed by atoms with Gasteiger partial charge in [-0.2, -0.15) is 0 Å². The summed E-state index contributed by atoms with van der Waals surface area (Å²) in [5.41, 5.74) is -1.54. The first-order valence-electron chi connectivity index (χ1n) is 10.2. The van der Waals surface area contributed by atoms with Crippen molar-refractivity contribution in [2.75, 3.05) is 19.8 Å². The van der Waals surface area contributed by atoms with Gasteiger partial charge in [0.25, 0.3) is 5.91 Å². The highest BCUT2D eigenvalue weighted by Gasteiger charge is 2.54. The average Bonchev–Trinajstić information content (AvgIpc) is 3.57. The van der Waals surface area contributed by atoms with Crippen LogP contribution in [-0.2, 0) is 14.3 Å². The summed E-state index contributed by atoms with van der Waals surface area (Å²) in [5.74, 6) is -2.42. The van der Waals surface area contributed by atoms with Crippen LogP contribution < -0.4 is 16.1 Å². The molecule has 0 saturated carbocycles. The number of epoxide rings is 1. The lowest BCUT2D eigenvalue weighted by molar-refractivity contribution is -0.133. The molecule has 10 heteroatoms. The molecule has 1 aliphatic rings. The van der Waals surface area contributed by atoms with Crippen LogP contribution in [0.25, 0.3) is 11.0 Å². The molecule has 0 radical (unpaired) electrons. The third kappa shape index (κ3) is 5.04. The summed E-state index contributed by atoms with van der Waals surface area (Å²) in [6, 6.07) is 5.03. The third-order valence-electron chi connectivity index (χ3n) is 5.20. The average molecular weight is 446 g/mol. The minimum absolute atomic E-state index is 0.0350. The molecule has 2 aromatic rings. The van der Waals surface area contributed by atoms with Gasteiger partial charge in [-0.05, 0) is 24.5 Å². The van der Waals surface area contributed by atoms with Crippen molar-refractivity contribution in [1.82, 2.24) is 10.6 Å². The van der Waals surface area contributed by atoms with Crippen molar-refractivity contribution < 1.29 is 33.8 Å². The second-order valence-electron chi connectivity index (χ2n) is 8.18. The van der Waals surface area contributed by atoms with Crippen LogP contribution in [0.4, 0.5) is 0 Å². The number of ketones is 1. The molecule has 0 aliphatic carbocycles. The van der Waals surface area contributed by atoms with E-state index >= 15 is 0 Å². The maximum atomic E-state index is 12.7. The quantitative estimate of drug-likeness (QED) is 0.364. The first kappa shape index (κ1) is 23.6. The van der Waals surface area contributed by atoms with Crippen molar-refractivity contribution >= 4 is 28.6 Å². The normalized spacial score (nSPS) is 19.4. The Morgan fingerprint density at radius 1 is 1.12 bits per heavy atom. The predicted molar refractivity (Wildman–Crippen MR) is 113 cm³/mol. The summed E-state index contributed by atoms with van der Waals surface area (Å²) < 4.78 is 10.5. The zero-order chi connectivity index (χ0) is 23.5. The Balaban J connectivity index is 1.74. The molecule has 0 unspecified atom stereocenters. The van der Waals surface area contributed by atoms with E-state index in [1.54, 1.807) is 18.2 Å². The van der Waals surface area contributed by atoms with E-state index in [1.165, 1.54) is 6.07 Å². The smallest absolute Gasteiger partial charge is 0.287 e. The highest BCUT2D eigenvalue weighted by molar-refractivity contribution is 6.00. The number of benzene rings is 1. The van der Waals surface area contributed by atoms with Crippen LogP contribution in [0.2, 0.25) is 0 Å². The number of ether oxygens (including phenoxy) is 1. The Labute approximate surface area is 183 Å². The summed E-state index contributed by atoms with van der Waals surface area (Å²) in [5, 5.41) is 24.3. The Morgan fingerprint density at radius 2 is 1.81 bits per heavy atom. The van der Waals surface area contributed by atoms with Crippen LogP contribution in [0.15, 0.2) is 39.5 Å². The molecule has 3 rings (SSSR count). The van der Waals surface area contributed by atoms with Crippen LogP contribution in [0.5, 0.6) is 0 Å². The summed E-state index contributed by atoms with van der Waals surface area (Å²) in [6.45, 7) is 2.53. The number of hydrogen-bond acceptors (Lipinski definition) is 8. The van der Waals surface area contributed by atoms with Crippen LogP contribution in [0.3, 0.4) is 0 Å². The SMILES string of the molecule is CC(C)C[C@H](NC(=O)[C@H](CO)NC(=O)c1cc(=O)c2ccccc2o1)C(=O)[C@@]1(CO)CO1. The summed E-state index contributed by atoms with van der Waals surface area (Å²) in [4.78, 5) is 50.2. The number of aliphatic hydroxyl groups is 2. The number of rotatable bonds is 10. The molecule has 0 bridgehead atoms. The number of hydrogen-bond donors (Lipinski definition) is 4. The van der Waals surface area contributed by atoms with Gasteiger partial charge in [0.2, 0.25) is 5.91 Å². The second-order valence-corrected chi connectivity index (χ2v) is 8.18. The second kappa shape index (κ2) is 9.60. The fourth-order valence-corrected chi connectivity index (χ4v) is 3.33.